The number of Topliss-reactive ketones (excluding diaryl/α,β-unsaturated/α-hetero) is 1. The predicted molar refractivity (Wildman–Crippen MR) is 94.1 cm³/mol. The van der Waals surface area contributed by atoms with Crippen molar-refractivity contribution in [2.75, 3.05) is 0 Å². The average molecular weight is 321 g/mol. The zero-order valence-electron chi connectivity index (χ0n) is 15.6. The van der Waals surface area contributed by atoms with Gasteiger partial charge in [-0.25, -0.2) is 0 Å². The van der Waals surface area contributed by atoms with Crippen LogP contribution in [0.4, 0.5) is 0 Å². The number of ketones is 1. The Morgan fingerprint density at radius 1 is 0.957 bits per heavy atom. The molecule has 0 aromatic rings. The standard InChI is InChI=1S/C19H30O2.C2H6/c1-18-9-7-13(20)11-12(18)3-4-14-15-5-6-17(21)19(15,2)10-8-16(14)18;1-2/h12-16,20H,3-11H2,1-2H3;1-2H3. The molecule has 2 heteroatoms. The fourth-order valence-corrected chi connectivity index (χ4v) is 7.01. The first-order chi connectivity index (χ1) is 10.9. The second-order valence-electron chi connectivity index (χ2n) is 9.00. The molecule has 7 unspecified atom stereocenters. The van der Waals surface area contributed by atoms with Crippen molar-refractivity contribution >= 4 is 5.78 Å². The zero-order valence-corrected chi connectivity index (χ0v) is 15.6. The lowest BCUT2D eigenvalue weighted by molar-refractivity contribution is -0.142. The van der Waals surface area contributed by atoms with Crippen molar-refractivity contribution in [2.45, 2.75) is 91.6 Å². The van der Waals surface area contributed by atoms with Gasteiger partial charge in [-0.1, -0.05) is 27.7 Å². The van der Waals surface area contributed by atoms with Gasteiger partial charge in [0.2, 0.25) is 0 Å². The van der Waals surface area contributed by atoms with E-state index in [1.807, 2.05) is 13.8 Å². The summed E-state index contributed by atoms with van der Waals surface area (Å²) >= 11 is 0. The molecule has 0 amide bonds. The van der Waals surface area contributed by atoms with Gasteiger partial charge in [-0.05, 0) is 80.5 Å². The predicted octanol–water partition coefficient (Wildman–Crippen LogP) is 4.99. The van der Waals surface area contributed by atoms with Crippen molar-refractivity contribution in [1.82, 2.24) is 0 Å². The maximum atomic E-state index is 12.4. The van der Waals surface area contributed by atoms with Gasteiger partial charge in [0.1, 0.15) is 5.78 Å². The molecule has 0 aromatic heterocycles. The molecule has 4 aliphatic carbocycles. The largest absolute Gasteiger partial charge is 0.393 e. The van der Waals surface area contributed by atoms with Crippen LogP contribution in [-0.2, 0) is 4.79 Å². The number of hydrogen-bond acceptors (Lipinski definition) is 2. The van der Waals surface area contributed by atoms with Crippen LogP contribution in [0.1, 0.15) is 85.5 Å². The first-order valence-electron chi connectivity index (χ1n) is 10.2. The Balaban J connectivity index is 0.000000753. The molecule has 23 heavy (non-hydrogen) atoms. The first-order valence-corrected chi connectivity index (χ1v) is 10.2. The topological polar surface area (TPSA) is 37.3 Å². The van der Waals surface area contributed by atoms with Crippen LogP contribution in [0.25, 0.3) is 0 Å². The van der Waals surface area contributed by atoms with Crippen LogP contribution >= 0.6 is 0 Å². The fraction of sp³-hybridized carbons (Fsp3) is 0.952. The van der Waals surface area contributed by atoms with E-state index >= 15 is 0 Å². The van der Waals surface area contributed by atoms with Crippen LogP contribution < -0.4 is 0 Å². The molecule has 2 nitrogen and oxygen atoms in total. The Bertz CT molecular complexity index is 459. The maximum absolute atomic E-state index is 12.4. The molecule has 4 saturated carbocycles. The minimum Gasteiger partial charge on any atom is -0.393 e. The molecule has 1 N–H and O–H groups in total. The van der Waals surface area contributed by atoms with Crippen LogP contribution in [0.15, 0.2) is 0 Å². The van der Waals surface area contributed by atoms with E-state index in [1.54, 1.807) is 0 Å². The molecule has 0 saturated heterocycles. The van der Waals surface area contributed by atoms with Crippen molar-refractivity contribution in [1.29, 1.82) is 0 Å². The fourth-order valence-electron chi connectivity index (χ4n) is 7.01. The van der Waals surface area contributed by atoms with Gasteiger partial charge in [-0.15, -0.1) is 0 Å². The molecule has 132 valence electrons. The van der Waals surface area contributed by atoms with Crippen LogP contribution in [0, 0.1) is 34.5 Å². The highest BCUT2D eigenvalue weighted by Crippen LogP contribution is 2.65. The van der Waals surface area contributed by atoms with Crippen molar-refractivity contribution in [3.05, 3.63) is 0 Å². The van der Waals surface area contributed by atoms with Crippen molar-refractivity contribution in [2.24, 2.45) is 34.5 Å². The van der Waals surface area contributed by atoms with Gasteiger partial charge in [-0.2, -0.15) is 0 Å². The summed E-state index contributed by atoms with van der Waals surface area (Å²) in [5.74, 6) is 3.54. The quantitative estimate of drug-likeness (QED) is 0.683. The van der Waals surface area contributed by atoms with Gasteiger partial charge in [0, 0.05) is 11.8 Å². The first kappa shape index (κ1) is 17.5. The van der Waals surface area contributed by atoms with E-state index in [1.165, 1.54) is 25.7 Å². The lowest BCUT2D eigenvalue weighted by atomic mass is 9.45. The van der Waals surface area contributed by atoms with Crippen LogP contribution in [0.2, 0.25) is 0 Å². The zero-order chi connectivity index (χ0) is 16.8. The molecule has 0 aromatic carbocycles. The molecule has 0 aliphatic heterocycles. The SMILES string of the molecule is CC.CC12CCC3C(CCC4CC(O)CCC43C)C1CCC2=O. The van der Waals surface area contributed by atoms with E-state index in [9.17, 15) is 9.90 Å². The number of aliphatic hydroxyl groups excluding tert-OH is 1. The Kier molecular flexibility index (Phi) is 4.68. The highest BCUT2D eigenvalue weighted by Gasteiger charge is 2.60. The third-order valence-electron chi connectivity index (χ3n) is 8.35. The smallest absolute Gasteiger partial charge is 0.139 e. The van der Waals surface area contributed by atoms with Gasteiger partial charge in [0.15, 0.2) is 0 Å². The summed E-state index contributed by atoms with van der Waals surface area (Å²) in [5.41, 5.74) is 0.452. The molecule has 4 aliphatic rings. The number of carbonyl (C=O) groups is 1. The summed E-state index contributed by atoms with van der Waals surface area (Å²) in [6.45, 7) is 8.78. The molecule has 7 atom stereocenters. The number of aliphatic hydroxyl groups is 1. The van der Waals surface area contributed by atoms with Gasteiger partial charge in [-0.3, -0.25) is 4.79 Å². The molecular weight excluding hydrogens is 284 g/mol. The molecule has 0 bridgehead atoms. The van der Waals surface area contributed by atoms with Crippen molar-refractivity contribution in [3.8, 4) is 0 Å². The lowest BCUT2D eigenvalue weighted by Gasteiger charge is -2.60. The number of hydrogen-bond donors (Lipinski definition) is 1. The van der Waals surface area contributed by atoms with E-state index in [-0.39, 0.29) is 11.5 Å². The summed E-state index contributed by atoms with van der Waals surface area (Å²) in [6.07, 6.45) is 10.1. The number of carbonyl (C=O) groups excluding carboxylic acids is 1. The van der Waals surface area contributed by atoms with Crippen molar-refractivity contribution in [3.63, 3.8) is 0 Å². The summed E-state index contributed by atoms with van der Waals surface area (Å²) in [4.78, 5) is 12.4. The third-order valence-corrected chi connectivity index (χ3v) is 8.35. The van der Waals surface area contributed by atoms with Crippen LogP contribution in [0.5, 0.6) is 0 Å². The second kappa shape index (κ2) is 6.17. The molecular formula is C21H36O2. The molecule has 4 rings (SSSR count). The Morgan fingerprint density at radius 2 is 1.70 bits per heavy atom. The Labute approximate surface area is 142 Å². The second-order valence-corrected chi connectivity index (χ2v) is 9.00. The van der Waals surface area contributed by atoms with E-state index in [0.29, 0.717) is 17.1 Å². The van der Waals surface area contributed by atoms with Crippen molar-refractivity contribution < 1.29 is 9.90 Å². The van der Waals surface area contributed by atoms with Crippen LogP contribution in [-0.4, -0.2) is 17.0 Å². The number of fused-ring (bicyclic) bond motifs is 5. The lowest BCUT2D eigenvalue weighted by Crippen LogP contribution is -2.54. The van der Waals surface area contributed by atoms with Gasteiger partial charge < -0.3 is 5.11 Å². The van der Waals surface area contributed by atoms with Gasteiger partial charge in [0.25, 0.3) is 0 Å². The minimum atomic E-state index is -0.0541. The summed E-state index contributed by atoms with van der Waals surface area (Å²) < 4.78 is 0. The summed E-state index contributed by atoms with van der Waals surface area (Å²) in [6, 6.07) is 0. The monoisotopic (exact) mass is 320 g/mol. The van der Waals surface area contributed by atoms with E-state index in [2.05, 4.69) is 13.8 Å². The summed E-state index contributed by atoms with van der Waals surface area (Å²) in [5, 5.41) is 10.0. The summed E-state index contributed by atoms with van der Waals surface area (Å²) in [7, 11) is 0. The van der Waals surface area contributed by atoms with E-state index < -0.39 is 0 Å². The van der Waals surface area contributed by atoms with Gasteiger partial charge in [0.05, 0.1) is 6.10 Å². The third kappa shape index (κ3) is 2.51. The highest BCUT2D eigenvalue weighted by molar-refractivity contribution is 5.87. The normalized spacial score (nSPS) is 51.9. The molecule has 0 spiro atoms. The average Bonchev–Trinajstić information content (AvgIpc) is 2.86. The van der Waals surface area contributed by atoms with Gasteiger partial charge >= 0.3 is 0 Å². The minimum absolute atomic E-state index is 0.0124. The highest BCUT2D eigenvalue weighted by atomic mass is 16.3. The van der Waals surface area contributed by atoms with E-state index in [4.69, 9.17) is 0 Å². The Morgan fingerprint density at radius 3 is 2.43 bits per heavy atom. The molecule has 4 fully saturated rings. The van der Waals surface area contributed by atoms with Crippen LogP contribution in [0.3, 0.4) is 0 Å². The Hall–Kier alpha value is -0.370. The maximum Gasteiger partial charge on any atom is 0.139 e. The number of rotatable bonds is 0. The van der Waals surface area contributed by atoms with E-state index in [0.717, 1.165) is 49.9 Å². The molecule has 0 radical (unpaired) electrons. The molecule has 0 heterocycles.